The summed E-state index contributed by atoms with van der Waals surface area (Å²) in [4.78, 5) is 15.8. The maximum atomic E-state index is 14.6. The Balaban J connectivity index is 2.18. The van der Waals surface area contributed by atoms with E-state index in [0.29, 0.717) is 4.57 Å². The van der Waals surface area contributed by atoms with Gasteiger partial charge in [0.2, 0.25) is 0 Å². The van der Waals surface area contributed by atoms with Gasteiger partial charge in [0.1, 0.15) is 17.5 Å². The average molecular weight is 339 g/mol. The molecule has 23 heavy (non-hydrogen) atoms. The molecular formula is C15H8ClF3N3O. The van der Waals surface area contributed by atoms with E-state index in [4.69, 9.17) is 11.6 Å². The van der Waals surface area contributed by atoms with Crippen molar-refractivity contribution in [1.29, 1.82) is 0 Å². The minimum atomic E-state index is -1.13. The molecule has 3 rings (SSSR count). The van der Waals surface area contributed by atoms with Crippen LogP contribution in [0, 0.1) is 17.7 Å². The number of benzene rings is 2. The van der Waals surface area contributed by atoms with Crippen LogP contribution in [0.1, 0.15) is 0 Å². The zero-order valence-corrected chi connectivity index (χ0v) is 12.2. The molecule has 2 aromatic carbocycles. The fourth-order valence-electron chi connectivity index (χ4n) is 2.08. The number of hydrogen-bond donors (Lipinski definition) is 1. The SMILES string of the molecule is O=c1c2c(F)c(Nc3c(Cl)[c]ccc3F)ccc2ncn1CF. The molecule has 0 aliphatic rings. The highest BCUT2D eigenvalue weighted by atomic mass is 35.5. The van der Waals surface area contributed by atoms with Crippen molar-refractivity contribution in [3.05, 3.63) is 63.7 Å². The molecule has 0 bridgehead atoms. The molecule has 0 saturated carbocycles. The molecule has 0 fully saturated rings. The second-order valence-electron chi connectivity index (χ2n) is 4.60. The Kier molecular flexibility index (Phi) is 3.96. The average Bonchev–Trinajstić information content (AvgIpc) is 2.53. The quantitative estimate of drug-likeness (QED) is 0.790. The van der Waals surface area contributed by atoms with Gasteiger partial charge in [-0.15, -0.1) is 0 Å². The lowest BCUT2D eigenvalue weighted by atomic mass is 10.2. The fraction of sp³-hybridized carbons (Fsp3) is 0.0667. The molecular weight excluding hydrogens is 331 g/mol. The number of nitrogens with one attached hydrogen (secondary N) is 1. The Morgan fingerprint density at radius 1 is 1.30 bits per heavy atom. The standard InChI is InChI=1S/C15H8ClF3N3O/c16-8-2-1-3-9(18)14(8)21-11-5-4-10-12(13(11)19)15(23)22(6-17)7-20-10/h1,3-5,7,21H,6H2. The maximum absolute atomic E-state index is 14.6. The molecule has 3 aromatic rings. The number of halogens is 4. The van der Waals surface area contributed by atoms with Crippen LogP contribution in [0.3, 0.4) is 0 Å². The second-order valence-corrected chi connectivity index (χ2v) is 4.98. The van der Waals surface area contributed by atoms with E-state index < -0.39 is 29.4 Å². The molecule has 4 nitrogen and oxygen atoms in total. The van der Waals surface area contributed by atoms with Crippen molar-refractivity contribution < 1.29 is 13.2 Å². The largest absolute Gasteiger partial charge is 0.349 e. The van der Waals surface area contributed by atoms with Gasteiger partial charge in [0.15, 0.2) is 12.6 Å². The first-order chi connectivity index (χ1) is 11.0. The topological polar surface area (TPSA) is 46.9 Å². The van der Waals surface area contributed by atoms with Crippen LogP contribution in [0.5, 0.6) is 0 Å². The van der Waals surface area contributed by atoms with E-state index in [1.54, 1.807) is 0 Å². The van der Waals surface area contributed by atoms with Crippen LogP contribution >= 0.6 is 11.6 Å². The minimum Gasteiger partial charge on any atom is -0.349 e. The third-order valence-electron chi connectivity index (χ3n) is 3.22. The predicted molar refractivity (Wildman–Crippen MR) is 80.6 cm³/mol. The molecule has 1 heterocycles. The molecule has 1 radical (unpaired) electrons. The van der Waals surface area contributed by atoms with Crippen molar-refractivity contribution in [2.45, 2.75) is 6.80 Å². The Bertz CT molecular complexity index is 938. The molecule has 0 saturated heterocycles. The minimum absolute atomic E-state index is 0.0638. The van der Waals surface area contributed by atoms with Crippen LogP contribution in [0.15, 0.2) is 35.4 Å². The Hall–Kier alpha value is -2.54. The molecule has 0 spiro atoms. The third-order valence-corrected chi connectivity index (χ3v) is 3.52. The summed E-state index contributed by atoms with van der Waals surface area (Å²) in [6.07, 6.45) is 0.986. The van der Waals surface area contributed by atoms with Crippen molar-refractivity contribution in [3.63, 3.8) is 0 Å². The van der Waals surface area contributed by atoms with E-state index in [2.05, 4.69) is 16.4 Å². The summed E-state index contributed by atoms with van der Waals surface area (Å²) in [6.45, 7) is -1.13. The van der Waals surface area contributed by atoms with E-state index >= 15 is 0 Å². The first kappa shape index (κ1) is 15.4. The van der Waals surface area contributed by atoms with E-state index in [0.717, 1.165) is 12.4 Å². The van der Waals surface area contributed by atoms with Gasteiger partial charge >= 0.3 is 0 Å². The monoisotopic (exact) mass is 338 g/mol. The van der Waals surface area contributed by atoms with Gasteiger partial charge in [-0.25, -0.2) is 18.2 Å². The summed E-state index contributed by atoms with van der Waals surface area (Å²) >= 11 is 5.82. The number of alkyl halides is 1. The van der Waals surface area contributed by atoms with Crippen LogP contribution in [0.2, 0.25) is 5.02 Å². The zero-order valence-electron chi connectivity index (χ0n) is 11.4. The van der Waals surface area contributed by atoms with Crippen LogP contribution in [0.4, 0.5) is 24.5 Å². The van der Waals surface area contributed by atoms with Gasteiger partial charge in [0.05, 0.1) is 21.9 Å². The van der Waals surface area contributed by atoms with Gasteiger partial charge < -0.3 is 5.32 Å². The molecule has 0 aliphatic heterocycles. The lowest BCUT2D eigenvalue weighted by Crippen LogP contribution is -2.20. The van der Waals surface area contributed by atoms with Crippen LogP contribution in [-0.2, 0) is 6.80 Å². The van der Waals surface area contributed by atoms with Gasteiger partial charge in [-0.3, -0.25) is 9.36 Å². The summed E-state index contributed by atoms with van der Waals surface area (Å²) in [7, 11) is 0. The highest BCUT2D eigenvalue weighted by Gasteiger charge is 2.16. The summed E-state index contributed by atoms with van der Waals surface area (Å²) in [5.41, 5.74) is -1.17. The van der Waals surface area contributed by atoms with Crippen LogP contribution in [0.25, 0.3) is 10.9 Å². The van der Waals surface area contributed by atoms with Gasteiger partial charge in [0, 0.05) is 6.07 Å². The maximum Gasteiger partial charge on any atom is 0.266 e. The summed E-state index contributed by atoms with van der Waals surface area (Å²) in [5.74, 6) is -1.68. The van der Waals surface area contributed by atoms with Gasteiger partial charge in [-0.2, -0.15) is 0 Å². The molecule has 0 amide bonds. The molecule has 1 aromatic heterocycles. The number of anilines is 2. The fourth-order valence-corrected chi connectivity index (χ4v) is 2.28. The van der Waals surface area contributed by atoms with Crippen molar-refractivity contribution in [1.82, 2.24) is 9.55 Å². The number of hydrogen-bond acceptors (Lipinski definition) is 3. The van der Waals surface area contributed by atoms with Crippen molar-refractivity contribution in [2.24, 2.45) is 0 Å². The van der Waals surface area contributed by atoms with E-state index in [-0.39, 0.29) is 21.9 Å². The Labute approximate surface area is 133 Å². The van der Waals surface area contributed by atoms with Gasteiger partial charge in [0.25, 0.3) is 5.56 Å². The first-order valence-electron chi connectivity index (χ1n) is 6.39. The van der Waals surface area contributed by atoms with Crippen LogP contribution in [-0.4, -0.2) is 9.55 Å². The summed E-state index contributed by atoms with van der Waals surface area (Å²) in [6, 6.07) is 7.59. The third kappa shape index (κ3) is 2.63. The molecule has 117 valence electrons. The van der Waals surface area contributed by atoms with E-state index in [9.17, 15) is 18.0 Å². The number of aromatic nitrogens is 2. The van der Waals surface area contributed by atoms with Crippen molar-refractivity contribution in [3.8, 4) is 0 Å². The molecule has 8 heteroatoms. The van der Waals surface area contributed by atoms with Crippen molar-refractivity contribution >= 4 is 33.9 Å². The molecule has 0 aliphatic carbocycles. The number of fused-ring (bicyclic) bond motifs is 1. The predicted octanol–water partition coefficient (Wildman–Crippen LogP) is 3.80. The lowest BCUT2D eigenvalue weighted by Gasteiger charge is -2.11. The smallest absolute Gasteiger partial charge is 0.266 e. The van der Waals surface area contributed by atoms with Gasteiger partial charge in [-0.1, -0.05) is 11.6 Å². The number of rotatable bonds is 3. The Morgan fingerprint density at radius 2 is 2.09 bits per heavy atom. The number of nitrogens with zero attached hydrogens (tertiary/aromatic N) is 2. The van der Waals surface area contributed by atoms with Crippen LogP contribution < -0.4 is 10.9 Å². The van der Waals surface area contributed by atoms with Crippen molar-refractivity contribution in [2.75, 3.05) is 5.32 Å². The zero-order chi connectivity index (χ0) is 16.6. The Morgan fingerprint density at radius 3 is 2.78 bits per heavy atom. The summed E-state index contributed by atoms with van der Waals surface area (Å²) in [5, 5.41) is 2.01. The normalized spacial score (nSPS) is 11.0. The highest BCUT2D eigenvalue weighted by Crippen LogP contribution is 2.30. The summed E-state index contributed by atoms with van der Waals surface area (Å²) < 4.78 is 41.7. The first-order valence-corrected chi connectivity index (χ1v) is 6.77. The molecule has 0 unspecified atom stereocenters. The highest BCUT2D eigenvalue weighted by molar-refractivity contribution is 6.33. The van der Waals surface area contributed by atoms with E-state index in [1.165, 1.54) is 18.2 Å². The van der Waals surface area contributed by atoms with E-state index in [1.807, 2.05) is 0 Å². The van der Waals surface area contributed by atoms with Gasteiger partial charge in [-0.05, 0) is 24.3 Å². The molecule has 1 N–H and O–H groups in total. The molecule has 0 atom stereocenters. The second kappa shape index (κ2) is 5.92. The lowest BCUT2D eigenvalue weighted by molar-refractivity contribution is 0.367.